The lowest BCUT2D eigenvalue weighted by atomic mass is 10.0. The normalized spacial score (nSPS) is 13.8. The second kappa shape index (κ2) is 5.58. The molecule has 5 nitrogen and oxygen atoms in total. The standard InChI is InChI=1S/C9H8ClN.ClHO4/c10-9-2-1-7-3-4-11-6-8(7)5-9;2-1(3,4)5/h1-2,5-6H,3-4H2;(H,2,3,4,5). The highest BCUT2D eigenvalue weighted by Crippen LogP contribution is 2.17. The van der Waals surface area contributed by atoms with E-state index in [1.54, 1.807) is 0 Å². The fraction of sp³-hybridized carbons (Fsp3) is 0.222. The first kappa shape index (κ1) is 13.4. The maximum atomic E-state index is 8.60. The number of nitrogens with zero attached hydrogens (tertiary/aromatic N) is 1. The zero-order chi connectivity index (χ0) is 12.2. The van der Waals surface area contributed by atoms with Crippen molar-refractivity contribution in [1.29, 1.82) is 0 Å². The van der Waals surface area contributed by atoms with Gasteiger partial charge in [0.05, 0.1) is 14.9 Å². The first-order valence-corrected chi connectivity index (χ1v) is 5.92. The lowest BCUT2D eigenvalue weighted by molar-refractivity contribution is -1.92. The Kier molecular flexibility index (Phi) is 4.67. The van der Waals surface area contributed by atoms with Crippen molar-refractivity contribution in [2.45, 2.75) is 6.42 Å². The Balaban J connectivity index is 0.000000221. The minimum Gasteiger partial charge on any atom is -0.292 e. The second-order valence-corrected chi connectivity index (χ2v) is 4.25. The lowest BCUT2D eigenvalue weighted by Gasteiger charge is -2.08. The van der Waals surface area contributed by atoms with Crippen LogP contribution < -0.4 is 14.0 Å². The highest BCUT2D eigenvalue weighted by molar-refractivity contribution is 6.30. The van der Waals surface area contributed by atoms with Gasteiger partial charge >= 0.3 is 0 Å². The molecule has 0 saturated heterocycles. The summed E-state index contributed by atoms with van der Waals surface area (Å²) >= 11 is 5.81. The first-order valence-electron chi connectivity index (χ1n) is 4.28. The summed E-state index contributed by atoms with van der Waals surface area (Å²) in [5.74, 6) is 0. The molecule has 0 aromatic heterocycles. The molecule has 1 aliphatic rings. The van der Waals surface area contributed by atoms with Crippen LogP contribution >= 0.6 is 11.6 Å². The van der Waals surface area contributed by atoms with Crippen LogP contribution in [0.2, 0.25) is 5.02 Å². The molecule has 0 amide bonds. The van der Waals surface area contributed by atoms with Crippen LogP contribution in [0, 0.1) is 10.2 Å². The van der Waals surface area contributed by atoms with Crippen molar-refractivity contribution in [3.8, 4) is 0 Å². The van der Waals surface area contributed by atoms with Gasteiger partial charge in [-0.2, -0.15) is 14.0 Å². The topological polar surface area (TPSA) is 102 Å². The van der Waals surface area contributed by atoms with Crippen molar-refractivity contribution in [3.05, 3.63) is 34.3 Å². The van der Waals surface area contributed by atoms with Crippen molar-refractivity contribution in [1.82, 2.24) is 0 Å². The predicted molar refractivity (Wildman–Crippen MR) is 49.8 cm³/mol. The van der Waals surface area contributed by atoms with E-state index in [-0.39, 0.29) is 0 Å². The largest absolute Gasteiger partial charge is 0.292 e. The van der Waals surface area contributed by atoms with E-state index in [2.05, 4.69) is 11.1 Å². The molecule has 2 rings (SSSR count). The molecular formula is C9H9Cl2NO4. The molecule has 88 valence electrons. The summed E-state index contributed by atoms with van der Waals surface area (Å²) in [6.07, 6.45) is 2.94. The van der Waals surface area contributed by atoms with Crippen LogP contribution in [0.4, 0.5) is 0 Å². The minimum atomic E-state index is -4.69. The molecule has 0 atom stereocenters. The molecule has 0 saturated carbocycles. The van der Waals surface area contributed by atoms with E-state index in [4.69, 9.17) is 30.2 Å². The molecule has 1 aromatic carbocycles. The Hall–Kier alpha value is -0.690. The van der Waals surface area contributed by atoms with E-state index >= 15 is 0 Å². The molecule has 1 heterocycles. The van der Waals surface area contributed by atoms with Gasteiger partial charge in [-0.05, 0) is 29.7 Å². The van der Waals surface area contributed by atoms with E-state index in [9.17, 15) is 0 Å². The number of fused-ring (bicyclic) bond motifs is 1. The third kappa shape index (κ3) is 5.41. The summed E-state index contributed by atoms with van der Waals surface area (Å²) in [6, 6.07) is 5.96. The highest BCUT2D eigenvalue weighted by atomic mass is 35.7. The zero-order valence-electron chi connectivity index (χ0n) is 8.10. The number of rotatable bonds is 0. The summed E-state index contributed by atoms with van der Waals surface area (Å²) in [5, 5.41) is 0.789. The molecule has 16 heavy (non-hydrogen) atoms. The van der Waals surface area contributed by atoms with Gasteiger partial charge in [0.15, 0.2) is 0 Å². The van der Waals surface area contributed by atoms with Gasteiger partial charge in [-0.1, -0.05) is 17.7 Å². The Labute approximate surface area is 99.4 Å². The lowest BCUT2D eigenvalue weighted by Crippen LogP contribution is -2.58. The monoisotopic (exact) mass is 265 g/mol. The van der Waals surface area contributed by atoms with Crippen molar-refractivity contribution < 1.29 is 28.9 Å². The van der Waals surface area contributed by atoms with Gasteiger partial charge in [0.25, 0.3) is 0 Å². The van der Waals surface area contributed by atoms with Crippen molar-refractivity contribution in [2.75, 3.05) is 6.54 Å². The van der Waals surface area contributed by atoms with Crippen molar-refractivity contribution >= 4 is 17.8 Å². The second-order valence-electron chi connectivity index (χ2n) is 3.02. The Morgan fingerprint density at radius 2 is 1.94 bits per heavy atom. The van der Waals surface area contributed by atoms with Gasteiger partial charge in [-0.25, -0.2) is 0 Å². The number of aliphatic imine (C=N–C) groups is 1. The van der Waals surface area contributed by atoms with E-state index in [0.29, 0.717) is 0 Å². The number of halogens is 2. The van der Waals surface area contributed by atoms with Gasteiger partial charge in [0.1, 0.15) is 0 Å². The van der Waals surface area contributed by atoms with Crippen molar-refractivity contribution in [3.63, 3.8) is 0 Å². The SMILES string of the molecule is Clc1ccc2c(c1)C=NCC2.[O-][Cl+3]([O-])([O-])O. The maximum Gasteiger partial charge on any atom is 0.0777 e. The molecule has 0 unspecified atom stereocenters. The van der Waals surface area contributed by atoms with Gasteiger partial charge in [-0.15, -0.1) is 0 Å². The van der Waals surface area contributed by atoms with Gasteiger partial charge in [0.2, 0.25) is 0 Å². The number of hydrogen-bond acceptors (Lipinski definition) is 5. The molecule has 0 spiro atoms. The molecule has 0 radical (unpaired) electrons. The molecular weight excluding hydrogens is 257 g/mol. The molecule has 1 aliphatic heterocycles. The van der Waals surface area contributed by atoms with E-state index in [0.717, 1.165) is 18.0 Å². The maximum absolute atomic E-state index is 8.60. The van der Waals surface area contributed by atoms with Gasteiger partial charge in [0, 0.05) is 17.8 Å². The quantitative estimate of drug-likeness (QED) is 0.598. The summed E-state index contributed by atoms with van der Waals surface area (Å²) in [5.41, 5.74) is 2.52. The Morgan fingerprint density at radius 3 is 2.56 bits per heavy atom. The summed E-state index contributed by atoms with van der Waals surface area (Å²) in [4.78, 5) is 4.18. The Bertz CT molecular complexity index is 384. The highest BCUT2D eigenvalue weighted by Gasteiger charge is 2.04. The van der Waals surface area contributed by atoms with Crippen LogP contribution in [0.1, 0.15) is 11.1 Å². The molecule has 7 heteroatoms. The van der Waals surface area contributed by atoms with E-state index < -0.39 is 10.2 Å². The van der Waals surface area contributed by atoms with Crippen molar-refractivity contribution in [2.24, 2.45) is 4.99 Å². The molecule has 0 aliphatic carbocycles. The molecule has 1 N–H and O–H groups in total. The minimum absolute atomic E-state index is 0.789. The van der Waals surface area contributed by atoms with Crippen LogP contribution in [0.25, 0.3) is 0 Å². The summed E-state index contributed by atoms with van der Waals surface area (Å²) < 4.78 is 32.7. The van der Waals surface area contributed by atoms with Crippen LogP contribution in [0.15, 0.2) is 23.2 Å². The third-order valence-corrected chi connectivity index (χ3v) is 2.08. The van der Waals surface area contributed by atoms with Gasteiger partial charge in [-0.3, -0.25) is 4.99 Å². The number of benzene rings is 1. The Morgan fingerprint density at radius 1 is 1.31 bits per heavy atom. The fourth-order valence-electron chi connectivity index (χ4n) is 1.26. The van der Waals surface area contributed by atoms with E-state index in [1.807, 2.05) is 18.3 Å². The molecule has 0 bridgehead atoms. The summed E-state index contributed by atoms with van der Waals surface area (Å²) in [7, 11) is -4.69. The number of hydrogen-bond donors (Lipinski definition) is 1. The van der Waals surface area contributed by atoms with Crippen LogP contribution in [0.5, 0.6) is 0 Å². The zero-order valence-corrected chi connectivity index (χ0v) is 9.61. The third-order valence-electron chi connectivity index (χ3n) is 1.85. The van der Waals surface area contributed by atoms with Crippen LogP contribution in [-0.4, -0.2) is 17.4 Å². The molecule has 0 fully saturated rings. The summed E-state index contributed by atoms with van der Waals surface area (Å²) in [6.45, 7) is 0.911. The predicted octanol–water partition coefficient (Wildman–Crippen LogP) is -1.81. The average Bonchev–Trinajstić information content (AvgIpc) is 2.15. The average molecular weight is 266 g/mol. The fourth-order valence-corrected chi connectivity index (χ4v) is 1.44. The molecule has 1 aromatic rings. The first-order chi connectivity index (χ1) is 7.36. The van der Waals surface area contributed by atoms with E-state index in [1.165, 1.54) is 11.1 Å². The smallest absolute Gasteiger partial charge is 0.0777 e. The van der Waals surface area contributed by atoms with Crippen LogP contribution in [-0.2, 0) is 6.42 Å². The van der Waals surface area contributed by atoms with Gasteiger partial charge < -0.3 is 0 Å². The van der Waals surface area contributed by atoms with Crippen LogP contribution in [0.3, 0.4) is 0 Å².